The fraction of sp³-hybridized carbons (Fsp3) is 0.438. The van der Waals surface area contributed by atoms with Crippen LogP contribution < -0.4 is 16.4 Å². The number of imide groups is 1. The van der Waals surface area contributed by atoms with Crippen molar-refractivity contribution in [2.24, 2.45) is 0 Å². The summed E-state index contributed by atoms with van der Waals surface area (Å²) in [7, 11) is 0. The Labute approximate surface area is 148 Å². The van der Waals surface area contributed by atoms with Gasteiger partial charge in [0.25, 0.3) is 5.91 Å². The number of anilines is 1. The van der Waals surface area contributed by atoms with Gasteiger partial charge in [-0.05, 0) is 31.0 Å². The Kier molecular flexibility index (Phi) is 6.60. The first-order valence-corrected chi connectivity index (χ1v) is 8.57. The number of hydrogen-bond acceptors (Lipinski definition) is 5. The number of carbonyl (C=O) groups excluding carboxylic acids is 3. The molecular formula is C16H20BrN3O4. The lowest BCUT2D eigenvalue weighted by Crippen LogP contribution is -2.46. The molecule has 3 amide bonds. The molecular weight excluding hydrogens is 378 g/mol. The van der Waals surface area contributed by atoms with E-state index in [2.05, 4.69) is 26.6 Å². The summed E-state index contributed by atoms with van der Waals surface area (Å²) in [4.78, 5) is 35.3. The van der Waals surface area contributed by atoms with Crippen molar-refractivity contribution >= 4 is 39.5 Å². The number of rotatable bonds is 4. The maximum Gasteiger partial charge on any atom is 0.340 e. The van der Waals surface area contributed by atoms with Crippen LogP contribution in [0.5, 0.6) is 0 Å². The fourth-order valence-electron chi connectivity index (χ4n) is 2.55. The zero-order chi connectivity index (χ0) is 17.5. The highest BCUT2D eigenvalue weighted by atomic mass is 79.9. The molecule has 0 bridgehead atoms. The summed E-state index contributed by atoms with van der Waals surface area (Å²) in [5.41, 5.74) is 6.10. The van der Waals surface area contributed by atoms with Gasteiger partial charge >= 0.3 is 12.0 Å². The first-order chi connectivity index (χ1) is 11.5. The van der Waals surface area contributed by atoms with Crippen LogP contribution >= 0.6 is 15.9 Å². The molecule has 0 radical (unpaired) electrons. The van der Waals surface area contributed by atoms with Gasteiger partial charge in [0, 0.05) is 16.2 Å². The lowest BCUT2D eigenvalue weighted by molar-refractivity contribution is -0.123. The smallest absolute Gasteiger partial charge is 0.340 e. The van der Waals surface area contributed by atoms with Crippen LogP contribution in [0.15, 0.2) is 22.7 Å². The number of benzene rings is 1. The van der Waals surface area contributed by atoms with Crippen molar-refractivity contribution in [3.05, 3.63) is 28.2 Å². The number of carbonyl (C=O) groups is 3. The minimum Gasteiger partial charge on any atom is -0.452 e. The van der Waals surface area contributed by atoms with Crippen LogP contribution in [0.4, 0.5) is 10.5 Å². The lowest BCUT2D eigenvalue weighted by Gasteiger charge is -2.22. The Morgan fingerprint density at radius 3 is 2.62 bits per heavy atom. The maximum atomic E-state index is 11.9. The second-order valence-electron chi connectivity index (χ2n) is 5.66. The van der Waals surface area contributed by atoms with Crippen LogP contribution in [0.1, 0.15) is 42.5 Å². The number of nitrogen functional groups attached to an aromatic ring is 1. The number of halogens is 1. The molecule has 1 aliphatic carbocycles. The predicted octanol–water partition coefficient (Wildman–Crippen LogP) is 2.35. The summed E-state index contributed by atoms with van der Waals surface area (Å²) < 4.78 is 5.55. The Bertz CT molecular complexity index is 630. The molecule has 0 aliphatic heterocycles. The van der Waals surface area contributed by atoms with Gasteiger partial charge in [-0.15, -0.1) is 0 Å². The third-order valence-corrected chi connectivity index (χ3v) is 4.26. The number of nitrogens with two attached hydrogens (primary N) is 1. The molecule has 0 spiro atoms. The molecule has 24 heavy (non-hydrogen) atoms. The minimum atomic E-state index is -0.725. The molecule has 1 saturated carbocycles. The number of nitrogens with one attached hydrogen (secondary N) is 2. The predicted molar refractivity (Wildman–Crippen MR) is 92.4 cm³/mol. The summed E-state index contributed by atoms with van der Waals surface area (Å²) in [6.07, 6.45) is 5.15. The van der Waals surface area contributed by atoms with Crippen LogP contribution in [-0.2, 0) is 9.53 Å². The van der Waals surface area contributed by atoms with E-state index < -0.39 is 24.5 Å². The van der Waals surface area contributed by atoms with E-state index in [1.807, 2.05) is 0 Å². The number of ether oxygens (including phenoxy) is 1. The highest BCUT2D eigenvalue weighted by Crippen LogP contribution is 2.19. The molecule has 1 aliphatic rings. The molecule has 0 atom stereocenters. The molecule has 1 aromatic carbocycles. The third-order valence-electron chi connectivity index (χ3n) is 3.76. The van der Waals surface area contributed by atoms with Gasteiger partial charge in [0.2, 0.25) is 0 Å². The van der Waals surface area contributed by atoms with Crippen molar-refractivity contribution in [3.8, 4) is 0 Å². The van der Waals surface area contributed by atoms with Crippen molar-refractivity contribution in [3.63, 3.8) is 0 Å². The number of amides is 3. The molecule has 7 nitrogen and oxygen atoms in total. The summed E-state index contributed by atoms with van der Waals surface area (Å²) in [6, 6.07) is 4.28. The van der Waals surface area contributed by atoms with Crippen LogP contribution in [0.2, 0.25) is 0 Å². The molecule has 4 N–H and O–H groups in total. The van der Waals surface area contributed by atoms with E-state index in [-0.39, 0.29) is 17.3 Å². The van der Waals surface area contributed by atoms with Gasteiger partial charge in [0.1, 0.15) is 0 Å². The Morgan fingerprint density at radius 1 is 1.21 bits per heavy atom. The molecule has 130 valence electrons. The average molecular weight is 398 g/mol. The first-order valence-electron chi connectivity index (χ1n) is 7.78. The topological polar surface area (TPSA) is 111 Å². The molecule has 0 unspecified atom stereocenters. The molecule has 1 fully saturated rings. The van der Waals surface area contributed by atoms with E-state index in [0.717, 1.165) is 25.7 Å². The molecule has 0 aromatic heterocycles. The van der Waals surface area contributed by atoms with Crippen molar-refractivity contribution in [1.82, 2.24) is 10.6 Å². The van der Waals surface area contributed by atoms with E-state index in [1.54, 1.807) is 12.1 Å². The van der Waals surface area contributed by atoms with Gasteiger partial charge < -0.3 is 15.8 Å². The summed E-state index contributed by atoms with van der Waals surface area (Å²) in [5, 5.41) is 4.90. The van der Waals surface area contributed by atoms with Crippen LogP contribution in [0.25, 0.3) is 0 Å². The average Bonchev–Trinajstić information content (AvgIpc) is 2.55. The van der Waals surface area contributed by atoms with E-state index in [9.17, 15) is 14.4 Å². The van der Waals surface area contributed by atoms with Gasteiger partial charge in [-0.3, -0.25) is 10.1 Å². The Hall–Kier alpha value is -2.09. The first kappa shape index (κ1) is 18.3. The Balaban J connectivity index is 1.76. The van der Waals surface area contributed by atoms with Crippen molar-refractivity contribution < 1.29 is 19.1 Å². The SMILES string of the molecule is Nc1ccc(Br)cc1C(=O)OCC(=O)NC(=O)NC1CCCCC1. The van der Waals surface area contributed by atoms with Gasteiger partial charge in [0.15, 0.2) is 6.61 Å². The summed E-state index contributed by atoms with van der Waals surface area (Å²) in [6.45, 7) is -0.553. The zero-order valence-corrected chi connectivity index (χ0v) is 14.7. The maximum absolute atomic E-state index is 11.9. The zero-order valence-electron chi connectivity index (χ0n) is 13.1. The number of urea groups is 1. The number of esters is 1. The monoisotopic (exact) mass is 397 g/mol. The second kappa shape index (κ2) is 8.68. The van der Waals surface area contributed by atoms with E-state index in [1.165, 1.54) is 12.5 Å². The molecule has 2 rings (SSSR count). The van der Waals surface area contributed by atoms with Crippen LogP contribution in [-0.4, -0.2) is 30.6 Å². The Morgan fingerprint density at radius 2 is 1.92 bits per heavy atom. The summed E-state index contributed by atoms with van der Waals surface area (Å²) in [5.74, 6) is -1.41. The largest absolute Gasteiger partial charge is 0.452 e. The van der Waals surface area contributed by atoms with E-state index in [4.69, 9.17) is 10.5 Å². The van der Waals surface area contributed by atoms with E-state index in [0.29, 0.717) is 4.47 Å². The summed E-state index contributed by atoms with van der Waals surface area (Å²) >= 11 is 3.23. The normalized spacial score (nSPS) is 14.7. The quantitative estimate of drug-likeness (QED) is 0.533. The highest BCUT2D eigenvalue weighted by molar-refractivity contribution is 9.10. The van der Waals surface area contributed by atoms with Gasteiger partial charge in [-0.1, -0.05) is 35.2 Å². The molecule has 8 heteroatoms. The van der Waals surface area contributed by atoms with Gasteiger partial charge in [0.05, 0.1) is 5.56 Å². The van der Waals surface area contributed by atoms with Gasteiger partial charge in [-0.25, -0.2) is 9.59 Å². The fourth-order valence-corrected chi connectivity index (χ4v) is 2.91. The van der Waals surface area contributed by atoms with Crippen molar-refractivity contribution in [2.45, 2.75) is 38.1 Å². The van der Waals surface area contributed by atoms with Crippen LogP contribution in [0.3, 0.4) is 0 Å². The van der Waals surface area contributed by atoms with Gasteiger partial charge in [-0.2, -0.15) is 0 Å². The van der Waals surface area contributed by atoms with Crippen molar-refractivity contribution in [2.75, 3.05) is 12.3 Å². The van der Waals surface area contributed by atoms with Crippen LogP contribution in [0, 0.1) is 0 Å². The second-order valence-corrected chi connectivity index (χ2v) is 6.58. The molecule has 1 aromatic rings. The highest BCUT2D eigenvalue weighted by Gasteiger charge is 2.18. The molecule has 0 saturated heterocycles. The third kappa shape index (κ3) is 5.52. The number of hydrogen-bond donors (Lipinski definition) is 3. The van der Waals surface area contributed by atoms with Crippen molar-refractivity contribution in [1.29, 1.82) is 0 Å². The minimum absolute atomic E-state index is 0.0931. The standard InChI is InChI=1S/C16H20BrN3O4/c17-10-6-7-13(18)12(8-10)15(22)24-9-14(21)20-16(23)19-11-4-2-1-3-5-11/h6-8,11H,1-5,9,18H2,(H2,19,20,21,23). The lowest BCUT2D eigenvalue weighted by atomic mass is 9.96. The molecule has 0 heterocycles. The van der Waals surface area contributed by atoms with E-state index >= 15 is 0 Å².